The number of carbonyl (C=O) groups is 1. The maximum Gasteiger partial charge on any atom is 0.328 e. The van der Waals surface area contributed by atoms with Gasteiger partial charge in [0.25, 0.3) is 11.5 Å². The second kappa shape index (κ2) is 7.54. The van der Waals surface area contributed by atoms with Gasteiger partial charge in [0.05, 0.1) is 12.1 Å². The zero-order valence-electron chi connectivity index (χ0n) is 14.0. The number of hydrogen-bond acceptors (Lipinski definition) is 6. The summed E-state index contributed by atoms with van der Waals surface area (Å²) >= 11 is 0. The Bertz CT molecular complexity index is 889. The summed E-state index contributed by atoms with van der Waals surface area (Å²) in [7, 11) is 0. The van der Waals surface area contributed by atoms with Crippen molar-refractivity contribution in [3.8, 4) is 5.75 Å². The van der Waals surface area contributed by atoms with E-state index in [0.717, 1.165) is 0 Å². The normalized spacial score (nSPS) is 19.5. The van der Waals surface area contributed by atoms with E-state index < -0.39 is 23.4 Å². The van der Waals surface area contributed by atoms with Crippen LogP contribution in [-0.4, -0.2) is 57.8 Å². The Hall–Kier alpha value is -2.91. The monoisotopic (exact) mass is 360 g/mol. The zero-order chi connectivity index (χ0) is 18.7. The highest BCUT2D eigenvalue weighted by Gasteiger charge is 2.36. The van der Waals surface area contributed by atoms with Gasteiger partial charge < -0.3 is 20.5 Å². The van der Waals surface area contributed by atoms with E-state index in [2.05, 4.69) is 4.98 Å². The minimum absolute atomic E-state index is 0.0977. The maximum atomic E-state index is 12.6. The highest BCUT2D eigenvalue weighted by atomic mass is 16.5. The molecule has 2 atom stereocenters. The molecule has 0 saturated carbocycles. The minimum atomic E-state index is -0.908. The Morgan fingerprint density at radius 3 is 2.62 bits per heavy atom. The van der Waals surface area contributed by atoms with Gasteiger partial charge in [-0.2, -0.15) is 0 Å². The number of nitrogens with zero attached hydrogens (tertiary/aromatic N) is 2. The number of nitrogens with one attached hydrogen (secondary N) is 1. The molecule has 4 N–H and O–H groups in total. The summed E-state index contributed by atoms with van der Waals surface area (Å²) in [5.41, 5.74) is 4.70. The van der Waals surface area contributed by atoms with Crippen LogP contribution in [0.25, 0.3) is 0 Å². The molecular weight excluding hydrogens is 340 g/mol. The van der Waals surface area contributed by atoms with Gasteiger partial charge in [-0.05, 0) is 24.3 Å². The molecule has 2 aromatic rings. The molecule has 26 heavy (non-hydrogen) atoms. The Labute approximate surface area is 148 Å². The molecule has 3 rings (SSSR count). The fourth-order valence-corrected chi connectivity index (χ4v) is 2.95. The van der Waals surface area contributed by atoms with Crippen LogP contribution in [0.1, 0.15) is 16.4 Å². The van der Waals surface area contributed by atoms with Gasteiger partial charge in [-0.3, -0.25) is 19.1 Å². The number of hydrogen-bond donors (Lipinski definition) is 3. The van der Waals surface area contributed by atoms with Crippen LogP contribution in [0.2, 0.25) is 0 Å². The van der Waals surface area contributed by atoms with Crippen LogP contribution < -0.4 is 21.7 Å². The van der Waals surface area contributed by atoms with Crippen LogP contribution in [0.5, 0.6) is 5.75 Å². The minimum Gasteiger partial charge on any atom is -0.492 e. The van der Waals surface area contributed by atoms with Gasteiger partial charge in [0.15, 0.2) is 0 Å². The second-order valence-corrected chi connectivity index (χ2v) is 6.02. The standard InChI is InChI=1S/C17H20N4O5/c18-6-8-26-12-3-1-11(2-4-12)16(24)20-9-13(14(22)10-20)21-7-5-15(23)19-17(21)25/h1-5,7,13-14,22H,6,8-10,18H2,(H,19,23,25)/t13-,14-/m1/s1. The topological polar surface area (TPSA) is 131 Å². The molecule has 1 aliphatic rings. The van der Waals surface area contributed by atoms with Gasteiger partial charge in [-0.25, -0.2) is 4.79 Å². The van der Waals surface area contributed by atoms with Crippen LogP contribution >= 0.6 is 0 Å². The van der Waals surface area contributed by atoms with Crippen molar-refractivity contribution in [2.75, 3.05) is 26.2 Å². The summed E-state index contributed by atoms with van der Waals surface area (Å²) in [4.78, 5) is 39.4. The summed E-state index contributed by atoms with van der Waals surface area (Å²) in [6, 6.07) is 7.23. The number of aromatic amines is 1. The van der Waals surface area contributed by atoms with Crippen LogP contribution in [-0.2, 0) is 0 Å². The van der Waals surface area contributed by atoms with Crippen LogP contribution in [0.4, 0.5) is 0 Å². The van der Waals surface area contributed by atoms with Crippen LogP contribution in [0.15, 0.2) is 46.1 Å². The summed E-state index contributed by atoms with van der Waals surface area (Å²) in [5, 5.41) is 10.3. The average molecular weight is 360 g/mol. The summed E-state index contributed by atoms with van der Waals surface area (Å²) in [5.74, 6) is 0.362. The first-order chi connectivity index (χ1) is 12.5. The maximum absolute atomic E-state index is 12.6. The van der Waals surface area contributed by atoms with E-state index in [9.17, 15) is 19.5 Å². The Morgan fingerprint density at radius 1 is 1.23 bits per heavy atom. The van der Waals surface area contributed by atoms with Crippen LogP contribution in [0.3, 0.4) is 0 Å². The Kier molecular flexibility index (Phi) is 5.19. The SMILES string of the molecule is NCCOc1ccc(C(=O)N2C[C@@H](O)[C@H](n3ccc(=O)[nH]c3=O)C2)cc1. The predicted octanol–water partition coefficient (Wildman–Crippen LogP) is -1.07. The molecule has 0 aliphatic carbocycles. The molecule has 2 heterocycles. The number of amides is 1. The largest absolute Gasteiger partial charge is 0.492 e. The molecule has 1 aromatic heterocycles. The molecular formula is C17H20N4O5. The van der Waals surface area contributed by atoms with Crippen molar-refractivity contribution in [1.82, 2.24) is 14.5 Å². The molecule has 1 fully saturated rings. The third kappa shape index (κ3) is 3.68. The molecule has 1 saturated heterocycles. The molecule has 1 amide bonds. The molecule has 138 valence electrons. The number of H-pyrrole nitrogens is 1. The fourth-order valence-electron chi connectivity index (χ4n) is 2.95. The highest BCUT2D eigenvalue weighted by molar-refractivity contribution is 5.94. The summed E-state index contributed by atoms with van der Waals surface area (Å²) in [6.07, 6.45) is 0.418. The van der Waals surface area contributed by atoms with Crippen molar-refractivity contribution in [2.45, 2.75) is 12.1 Å². The van der Waals surface area contributed by atoms with Gasteiger partial charge >= 0.3 is 5.69 Å². The van der Waals surface area contributed by atoms with Crippen LogP contribution in [0, 0.1) is 0 Å². The number of carbonyl (C=O) groups excluding carboxylic acids is 1. The number of β-amino-alcohol motifs (C(OH)–C–C–N with tert-alkyl or cyclic N) is 1. The van der Waals surface area contributed by atoms with Crippen molar-refractivity contribution in [2.24, 2.45) is 5.73 Å². The summed E-state index contributed by atoms with van der Waals surface area (Å²) in [6.45, 7) is 1.05. The quantitative estimate of drug-likeness (QED) is 0.622. The third-order valence-corrected chi connectivity index (χ3v) is 4.24. The number of rotatable bonds is 5. The number of likely N-dealkylation sites (tertiary alicyclic amines) is 1. The molecule has 0 radical (unpaired) electrons. The number of aromatic nitrogens is 2. The number of ether oxygens (including phenoxy) is 1. The molecule has 0 unspecified atom stereocenters. The smallest absolute Gasteiger partial charge is 0.328 e. The second-order valence-electron chi connectivity index (χ2n) is 6.02. The van der Waals surface area contributed by atoms with E-state index in [1.54, 1.807) is 24.3 Å². The zero-order valence-corrected chi connectivity index (χ0v) is 14.0. The first-order valence-electron chi connectivity index (χ1n) is 8.21. The third-order valence-electron chi connectivity index (χ3n) is 4.24. The molecule has 0 bridgehead atoms. The van der Waals surface area contributed by atoms with E-state index in [4.69, 9.17) is 10.5 Å². The van der Waals surface area contributed by atoms with E-state index >= 15 is 0 Å². The first kappa shape index (κ1) is 17.9. The van der Waals surface area contributed by atoms with Gasteiger partial charge in [-0.15, -0.1) is 0 Å². The van der Waals surface area contributed by atoms with Crippen molar-refractivity contribution < 1.29 is 14.6 Å². The van der Waals surface area contributed by atoms with Crippen molar-refractivity contribution in [3.63, 3.8) is 0 Å². The van der Waals surface area contributed by atoms with Crippen molar-refractivity contribution >= 4 is 5.91 Å². The van der Waals surface area contributed by atoms with E-state index in [1.807, 2.05) is 0 Å². The van der Waals surface area contributed by atoms with Gasteiger partial charge in [-0.1, -0.05) is 0 Å². The van der Waals surface area contributed by atoms with Crippen molar-refractivity contribution in [3.05, 3.63) is 62.9 Å². The molecule has 9 heteroatoms. The highest BCUT2D eigenvalue weighted by Crippen LogP contribution is 2.23. The Morgan fingerprint density at radius 2 is 1.96 bits per heavy atom. The molecule has 1 aliphatic heterocycles. The lowest BCUT2D eigenvalue weighted by Crippen LogP contribution is -2.36. The van der Waals surface area contributed by atoms with E-state index in [-0.39, 0.29) is 19.0 Å². The number of benzene rings is 1. The number of nitrogens with two attached hydrogens (primary N) is 1. The van der Waals surface area contributed by atoms with E-state index in [0.29, 0.717) is 24.5 Å². The lowest BCUT2D eigenvalue weighted by molar-refractivity contribution is 0.0764. The number of aliphatic hydroxyl groups is 1. The molecule has 9 nitrogen and oxygen atoms in total. The Balaban J connectivity index is 1.73. The van der Waals surface area contributed by atoms with Gasteiger partial charge in [0.1, 0.15) is 12.4 Å². The molecule has 0 spiro atoms. The van der Waals surface area contributed by atoms with Crippen molar-refractivity contribution in [1.29, 1.82) is 0 Å². The van der Waals surface area contributed by atoms with Gasteiger partial charge in [0.2, 0.25) is 0 Å². The molecule has 1 aromatic carbocycles. The van der Waals surface area contributed by atoms with Gasteiger partial charge in [0, 0.05) is 37.5 Å². The lowest BCUT2D eigenvalue weighted by atomic mass is 10.2. The average Bonchev–Trinajstić information content (AvgIpc) is 3.01. The number of aliphatic hydroxyl groups excluding tert-OH is 1. The van der Waals surface area contributed by atoms with E-state index in [1.165, 1.54) is 21.7 Å². The first-order valence-corrected chi connectivity index (χ1v) is 8.21. The predicted molar refractivity (Wildman–Crippen MR) is 93.3 cm³/mol. The fraction of sp³-hybridized carbons (Fsp3) is 0.353. The lowest BCUT2D eigenvalue weighted by Gasteiger charge is -2.17. The summed E-state index contributed by atoms with van der Waals surface area (Å²) < 4.78 is 6.61.